The van der Waals surface area contributed by atoms with Gasteiger partial charge in [0.15, 0.2) is 0 Å². The molecule has 1 aromatic carbocycles. The standard InChI is InChI=1S/C16H24N2O2/c1-15(2,13-6-4-3-5-7-13)10-14(19)18-12-16(20)8-9-17-11-16/h3-7,17,20H,8-12H2,1-2H3,(H,18,19)/t16-/m0/s1. The third-order valence-electron chi connectivity index (χ3n) is 3.99. The monoisotopic (exact) mass is 276 g/mol. The molecule has 1 aliphatic heterocycles. The van der Waals surface area contributed by atoms with Gasteiger partial charge >= 0.3 is 0 Å². The quantitative estimate of drug-likeness (QED) is 0.757. The fourth-order valence-electron chi connectivity index (χ4n) is 2.60. The van der Waals surface area contributed by atoms with Crippen LogP contribution in [-0.2, 0) is 10.2 Å². The molecule has 2 rings (SSSR count). The molecule has 0 saturated carbocycles. The number of hydrogen-bond donors (Lipinski definition) is 3. The van der Waals surface area contributed by atoms with Crippen LogP contribution < -0.4 is 10.6 Å². The maximum absolute atomic E-state index is 12.1. The van der Waals surface area contributed by atoms with E-state index in [2.05, 4.69) is 24.5 Å². The molecule has 4 nitrogen and oxygen atoms in total. The molecule has 1 aromatic rings. The molecule has 1 saturated heterocycles. The van der Waals surface area contributed by atoms with Crippen LogP contribution in [0.15, 0.2) is 30.3 Å². The highest BCUT2D eigenvalue weighted by atomic mass is 16.3. The Kier molecular flexibility index (Phi) is 4.45. The first-order valence-corrected chi connectivity index (χ1v) is 7.17. The van der Waals surface area contributed by atoms with Gasteiger partial charge in [-0.25, -0.2) is 0 Å². The lowest BCUT2D eigenvalue weighted by Gasteiger charge is -2.26. The smallest absolute Gasteiger partial charge is 0.220 e. The lowest BCUT2D eigenvalue weighted by molar-refractivity contribution is -0.123. The van der Waals surface area contributed by atoms with Crippen LogP contribution in [-0.4, -0.2) is 36.2 Å². The van der Waals surface area contributed by atoms with E-state index in [9.17, 15) is 9.90 Å². The van der Waals surface area contributed by atoms with Gasteiger partial charge in [-0.05, 0) is 23.9 Å². The van der Waals surface area contributed by atoms with Crippen molar-refractivity contribution in [2.24, 2.45) is 0 Å². The van der Waals surface area contributed by atoms with Gasteiger partial charge in [0.2, 0.25) is 5.91 Å². The summed E-state index contributed by atoms with van der Waals surface area (Å²) >= 11 is 0. The van der Waals surface area contributed by atoms with Gasteiger partial charge in [0, 0.05) is 19.5 Å². The molecule has 1 heterocycles. The van der Waals surface area contributed by atoms with Crippen molar-refractivity contribution < 1.29 is 9.90 Å². The third kappa shape index (κ3) is 3.81. The number of nitrogens with one attached hydrogen (secondary N) is 2. The summed E-state index contributed by atoms with van der Waals surface area (Å²) in [4.78, 5) is 12.1. The number of rotatable bonds is 5. The number of benzene rings is 1. The van der Waals surface area contributed by atoms with Gasteiger partial charge < -0.3 is 15.7 Å². The van der Waals surface area contributed by atoms with E-state index in [0.29, 0.717) is 25.9 Å². The van der Waals surface area contributed by atoms with Crippen LogP contribution in [0.4, 0.5) is 0 Å². The van der Waals surface area contributed by atoms with Crippen LogP contribution in [0.2, 0.25) is 0 Å². The summed E-state index contributed by atoms with van der Waals surface area (Å²) < 4.78 is 0. The molecule has 20 heavy (non-hydrogen) atoms. The normalized spacial score (nSPS) is 22.8. The summed E-state index contributed by atoms with van der Waals surface area (Å²) in [5.74, 6) is -0.0146. The van der Waals surface area contributed by atoms with Crippen molar-refractivity contribution in [3.8, 4) is 0 Å². The average molecular weight is 276 g/mol. The van der Waals surface area contributed by atoms with Crippen molar-refractivity contribution in [3.63, 3.8) is 0 Å². The van der Waals surface area contributed by atoms with Crippen molar-refractivity contribution in [2.75, 3.05) is 19.6 Å². The number of carbonyl (C=O) groups is 1. The molecule has 0 radical (unpaired) electrons. The second-order valence-electron chi connectivity index (χ2n) is 6.35. The molecule has 0 aromatic heterocycles. The van der Waals surface area contributed by atoms with E-state index in [1.165, 1.54) is 0 Å². The van der Waals surface area contributed by atoms with Crippen LogP contribution in [0.3, 0.4) is 0 Å². The molecule has 4 heteroatoms. The summed E-state index contributed by atoms with van der Waals surface area (Å²) in [6.45, 7) is 5.81. The largest absolute Gasteiger partial charge is 0.387 e. The third-order valence-corrected chi connectivity index (χ3v) is 3.99. The number of β-amino-alcohol motifs (C(OH)–C–C–N with tert-alkyl or cyclic N) is 1. The summed E-state index contributed by atoms with van der Waals surface area (Å²) in [6.07, 6.45) is 1.11. The highest BCUT2D eigenvalue weighted by Crippen LogP contribution is 2.26. The molecule has 1 amide bonds. The van der Waals surface area contributed by atoms with Gasteiger partial charge in [0.1, 0.15) is 0 Å². The maximum Gasteiger partial charge on any atom is 0.220 e. The molecule has 0 spiro atoms. The van der Waals surface area contributed by atoms with Crippen LogP contribution >= 0.6 is 0 Å². The van der Waals surface area contributed by atoms with E-state index in [1.54, 1.807) is 0 Å². The van der Waals surface area contributed by atoms with Crippen LogP contribution in [0, 0.1) is 0 Å². The molecule has 0 aliphatic carbocycles. The fraction of sp³-hybridized carbons (Fsp3) is 0.562. The van der Waals surface area contributed by atoms with E-state index >= 15 is 0 Å². The van der Waals surface area contributed by atoms with Gasteiger partial charge in [0.25, 0.3) is 0 Å². The van der Waals surface area contributed by atoms with Crippen LogP contribution in [0.5, 0.6) is 0 Å². The summed E-state index contributed by atoms with van der Waals surface area (Å²) in [5.41, 5.74) is 0.158. The molecule has 3 N–H and O–H groups in total. The predicted molar refractivity (Wildman–Crippen MR) is 79.5 cm³/mol. The minimum atomic E-state index is -0.785. The van der Waals surface area contributed by atoms with Crippen LogP contribution in [0.1, 0.15) is 32.3 Å². The van der Waals surface area contributed by atoms with Gasteiger partial charge in [-0.3, -0.25) is 4.79 Å². The lowest BCUT2D eigenvalue weighted by atomic mass is 9.81. The van der Waals surface area contributed by atoms with E-state index < -0.39 is 5.60 Å². The zero-order valence-electron chi connectivity index (χ0n) is 12.3. The Labute approximate surface area is 120 Å². The lowest BCUT2D eigenvalue weighted by Crippen LogP contribution is -2.45. The summed E-state index contributed by atoms with van der Waals surface area (Å²) in [6, 6.07) is 10.0. The van der Waals surface area contributed by atoms with Crippen molar-refractivity contribution >= 4 is 5.91 Å². The van der Waals surface area contributed by atoms with E-state index in [4.69, 9.17) is 0 Å². The van der Waals surface area contributed by atoms with Gasteiger partial charge in [0.05, 0.1) is 5.60 Å². The zero-order chi connectivity index (χ0) is 14.6. The van der Waals surface area contributed by atoms with Gasteiger partial charge in [-0.1, -0.05) is 44.2 Å². The Bertz CT molecular complexity index is 451. The molecule has 1 fully saturated rings. The summed E-state index contributed by atoms with van der Waals surface area (Å²) in [5, 5.41) is 16.1. The summed E-state index contributed by atoms with van der Waals surface area (Å²) in [7, 11) is 0. The van der Waals surface area contributed by atoms with E-state index in [0.717, 1.165) is 12.1 Å². The Morgan fingerprint density at radius 2 is 2.10 bits per heavy atom. The van der Waals surface area contributed by atoms with Crippen molar-refractivity contribution in [1.82, 2.24) is 10.6 Å². The highest BCUT2D eigenvalue weighted by Gasteiger charge is 2.32. The van der Waals surface area contributed by atoms with Gasteiger partial charge in [-0.2, -0.15) is 0 Å². The topological polar surface area (TPSA) is 61.4 Å². The second-order valence-corrected chi connectivity index (χ2v) is 6.35. The first-order valence-electron chi connectivity index (χ1n) is 7.17. The highest BCUT2D eigenvalue weighted by molar-refractivity contribution is 5.77. The predicted octanol–water partition coefficient (Wildman–Crippen LogP) is 1.19. The number of carbonyl (C=O) groups excluding carboxylic acids is 1. The molecule has 0 unspecified atom stereocenters. The molecular weight excluding hydrogens is 252 g/mol. The number of hydrogen-bond acceptors (Lipinski definition) is 3. The minimum absolute atomic E-state index is 0.0146. The number of amides is 1. The molecular formula is C16H24N2O2. The van der Waals surface area contributed by atoms with Crippen molar-refractivity contribution in [3.05, 3.63) is 35.9 Å². The number of aliphatic hydroxyl groups is 1. The molecule has 0 bridgehead atoms. The Morgan fingerprint density at radius 3 is 2.70 bits per heavy atom. The van der Waals surface area contributed by atoms with E-state index in [1.807, 2.05) is 30.3 Å². The van der Waals surface area contributed by atoms with Gasteiger partial charge in [-0.15, -0.1) is 0 Å². The average Bonchev–Trinajstić information content (AvgIpc) is 2.85. The molecule has 1 aliphatic rings. The Hall–Kier alpha value is -1.39. The maximum atomic E-state index is 12.1. The molecule has 1 atom stereocenters. The Morgan fingerprint density at radius 1 is 1.40 bits per heavy atom. The second kappa shape index (κ2) is 5.94. The van der Waals surface area contributed by atoms with Crippen LogP contribution in [0.25, 0.3) is 0 Å². The van der Waals surface area contributed by atoms with E-state index in [-0.39, 0.29) is 11.3 Å². The SMILES string of the molecule is CC(C)(CC(=O)NC[C@]1(O)CCNC1)c1ccccc1. The first-order chi connectivity index (χ1) is 9.41. The van der Waals surface area contributed by atoms with Crippen molar-refractivity contribution in [2.45, 2.75) is 37.7 Å². The fourth-order valence-corrected chi connectivity index (χ4v) is 2.60. The molecule has 110 valence electrons. The zero-order valence-corrected chi connectivity index (χ0v) is 12.3. The first kappa shape index (κ1) is 15.0. The minimum Gasteiger partial charge on any atom is -0.387 e. The Balaban J connectivity index is 1.87. The van der Waals surface area contributed by atoms with Crippen molar-refractivity contribution in [1.29, 1.82) is 0 Å².